The second-order valence-electron chi connectivity index (χ2n) is 2.40. The summed E-state index contributed by atoms with van der Waals surface area (Å²) in [4.78, 5) is 0. The monoisotopic (exact) mass is 194 g/mol. The average Bonchev–Trinajstić information content (AvgIpc) is 2.45. The molecule has 0 spiro atoms. The van der Waals surface area contributed by atoms with Gasteiger partial charge in [-0.15, -0.1) is 5.10 Å². The Labute approximate surface area is 72.5 Å². The first-order valence-electron chi connectivity index (χ1n) is 3.70. The summed E-state index contributed by atoms with van der Waals surface area (Å²) in [6, 6.07) is 0. The van der Waals surface area contributed by atoms with E-state index in [-0.39, 0.29) is 18.8 Å². The van der Waals surface area contributed by atoms with Crippen molar-refractivity contribution in [2.45, 2.75) is 26.2 Å². The minimum atomic E-state index is -4.44. The summed E-state index contributed by atoms with van der Waals surface area (Å²) < 4.78 is 37.9. The van der Waals surface area contributed by atoms with Crippen LogP contribution in [0.15, 0.2) is 0 Å². The fourth-order valence-electron chi connectivity index (χ4n) is 1.02. The van der Waals surface area contributed by atoms with Crippen molar-refractivity contribution in [2.24, 2.45) is 5.73 Å². The van der Waals surface area contributed by atoms with Crippen LogP contribution in [0.5, 0.6) is 0 Å². The number of alkyl halides is 3. The van der Waals surface area contributed by atoms with Gasteiger partial charge in [-0.3, -0.25) is 0 Å². The van der Waals surface area contributed by atoms with Crippen molar-refractivity contribution in [3.05, 3.63) is 11.4 Å². The second kappa shape index (κ2) is 3.33. The van der Waals surface area contributed by atoms with Crippen LogP contribution in [-0.2, 0) is 19.3 Å². The smallest absolute Gasteiger partial charge is 0.325 e. The molecule has 0 atom stereocenters. The van der Waals surface area contributed by atoms with Gasteiger partial charge in [-0.05, 0) is 6.92 Å². The van der Waals surface area contributed by atoms with E-state index in [9.17, 15) is 13.2 Å². The molecule has 13 heavy (non-hydrogen) atoms. The fraction of sp³-hybridized carbons (Fsp3) is 0.667. The van der Waals surface area contributed by atoms with E-state index >= 15 is 0 Å². The molecule has 0 amide bonds. The van der Waals surface area contributed by atoms with Gasteiger partial charge in [0.2, 0.25) is 0 Å². The second-order valence-corrected chi connectivity index (χ2v) is 2.40. The third-order valence-corrected chi connectivity index (χ3v) is 1.57. The summed E-state index contributed by atoms with van der Waals surface area (Å²) in [5.41, 5.74) is 4.04. The van der Waals surface area contributed by atoms with Crippen molar-refractivity contribution in [1.29, 1.82) is 0 Å². The molecule has 2 N–H and O–H groups in total. The van der Waals surface area contributed by atoms with E-state index in [1.807, 2.05) is 0 Å². The number of rotatable bonds is 2. The van der Waals surface area contributed by atoms with Crippen LogP contribution in [0.4, 0.5) is 13.2 Å². The van der Waals surface area contributed by atoms with E-state index in [0.717, 1.165) is 4.68 Å². The molecule has 1 heterocycles. The van der Waals surface area contributed by atoms with E-state index in [1.165, 1.54) is 0 Å². The molecule has 0 aliphatic rings. The summed E-state index contributed by atoms with van der Waals surface area (Å²) in [6.45, 7) is 1.43. The third-order valence-electron chi connectivity index (χ3n) is 1.57. The van der Waals surface area contributed by atoms with Gasteiger partial charge in [-0.25, -0.2) is 4.68 Å². The molecule has 0 aliphatic heterocycles. The predicted molar refractivity (Wildman–Crippen MR) is 38.6 cm³/mol. The number of hydrogen-bond donors (Lipinski definition) is 1. The highest BCUT2D eigenvalue weighted by atomic mass is 19.4. The lowest BCUT2D eigenvalue weighted by Gasteiger charge is -2.08. The van der Waals surface area contributed by atoms with Crippen molar-refractivity contribution < 1.29 is 13.2 Å². The molecule has 0 radical (unpaired) electrons. The molecule has 7 heteroatoms. The molecule has 0 aromatic carbocycles. The quantitative estimate of drug-likeness (QED) is 0.756. The zero-order valence-electron chi connectivity index (χ0n) is 6.97. The van der Waals surface area contributed by atoms with Crippen molar-refractivity contribution in [1.82, 2.24) is 15.0 Å². The maximum Gasteiger partial charge on any atom is 0.434 e. The van der Waals surface area contributed by atoms with E-state index < -0.39 is 11.9 Å². The maximum absolute atomic E-state index is 12.4. The molecule has 0 bridgehead atoms. The summed E-state index contributed by atoms with van der Waals surface area (Å²) in [7, 11) is 0. The largest absolute Gasteiger partial charge is 0.434 e. The Morgan fingerprint density at radius 3 is 2.46 bits per heavy atom. The topological polar surface area (TPSA) is 56.7 Å². The highest BCUT2D eigenvalue weighted by Gasteiger charge is 2.38. The molecule has 74 valence electrons. The van der Waals surface area contributed by atoms with Crippen LogP contribution >= 0.6 is 0 Å². The van der Waals surface area contributed by atoms with Crippen LogP contribution in [0.1, 0.15) is 18.3 Å². The molecular weight excluding hydrogens is 185 g/mol. The predicted octanol–water partition coefficient (Wildman–Crippen LogP) is 0.776. The highest BCUT2D eigenvalue weighted by Crippen LogP contribution is 2.30. The highest BCUT2D eigenvalue weighted by molar-refractivity contribution is 5.13. The molecule has 1 rings (SSSR count). The van der Waals surface area contributed by atoms with Crippen LogP contribution in [0, 0.1) is 0 Å². The van der Waals surface area contributed by atoms with Crippen LogP contribution < -0.4 is 5.73 Å². The standard InChI is InChI=1S/C6H9F3N4/c1-2-13-5(6(7,8)9)4(3-10)11-12-13/h2-3,10H2,1H3. The third kappa shape index (κ3) is 1.80. The molecule has 0 saturated carbocycles. The van der Waals surface area contributed by atoms with Gasteiger partial charge >= 0.3 is 6.18 Å². The molecular formula is C6H9F3N4. The lowest BCUT2D eigenvalue weighted by atomic mass is 10.3. The van der Waals surface area contributed by atoms with Crippen LogP contribution in [0.2, 0.25) is 0 Å². The number of aryl methyl sites for hydroxylation is 1. The molecule has 0 fully saturated rings. The Morgan fingerprint density at radius 2 is 2.08 bits per heavy atom. The normalized spacial score (nSPS) is 12.1. The maximum atomic E-state index is 12.4. The fourth-order valence-corrected chi connectivity index (χ4v) is 1.02. The Balaban J connectivity index is 3.20. The first-order valence-corrected chi connectivity index (χ1v) is 3.70. The lowest BCUT2D eigenvalue weighted by Crippen LogP contribution is -2.17. The molecule has 1 aromatic rings. The molecule has 0 saturated heterocycles. The number of nitrogens with two attached hydrogens (primary N) is 1. The van der Waals surface area contributed by atoms with Gasteiger partial charge in [0.25, 0.3) is 0 Å². The van der Waals surface area contributed by atoms with E-state index in [2.05, 4.69) is 10.3 Å². The average molecular weight is 194 g/mol. The summed E-state index contributed by atoms with van der Waals surface area (Å²) in [5, 5.41) is 6.68. The van der Waals surface area contributed by atoms with Gasteiger partial charge in [-0.1, -0.05) is 5.21 Å². The van der Waals surface area contributed by atoms with Gasteiger partial charge in [0, 0.05) is 13.1 Å². The zero-order valence-corrected chi connectivity index (χ0v) is 6.97. The molecule has 0 unspecified atom stereocenters. The van der Waals surface area contributed by atoms with Gasteiger partial charge in [0.15, 0.2) is 5.69 Å². The number of nitrogens with zero attached hydrogens (tertiary/aromatic N) is 3. The number of aromatic nitrogens is 3. The van der Waals surface area contributed by atoms with Gasteiger partial charge < -0.3 is 5.73 Å². The first kappa shape index (κ1) is 9.97. The van der Waals surface area contributed by atoms with Crippen molar-refractivity contribution in [2.75, 3.05) is 0 Å². The Morgan fingerprint density at radius 1 is 1.46 bits per heavy atom. The van der Waals surface area contributed by atoms with Crippen LogP contribution in [-0.4, -0.2) is 15.0 Å². The van der Waals surface area contributed by atoms with Crippen LogP contribution in [0.3, 0.4) is 0 Å². The first-order chi connectivity index (χ1) is 6.00. The Hall–Kier alpha value is -1.11. The number of halogens is 3. The van der Waals surface area contributed by atoms with Crippen molar-refractivity contribution in [3.63, 3.8) is 0 Å². The molecule has 0 aliphatic carbocycles. The lowest BCUT2D eigenvalue weighted by molar-refractivity contribution is -0.144. The minimum Gasteiger partial charge on any atom is -0.325 e. The van der Waals surface area contributed by atoms with Gasteiger partial charge in [-0.2, -0.15) is 13.2 Å². The Bertz CT molecular complexity index is 269. The minimum absolute atomic E-state index is 0.127. The van der Waals surface area contributed by atoms with Crippen LogP contribution in [0.25, 0.3) is 0 Å². The van der Waals surface area contributed by atoms with Gasteiger partial charge in [0.05, 0.1) is 0 Å². The number of hydrogen-bond acceptors (Lipinski definition) is 3. The summed E-state index contributed by atoms with van der Waals surface area (Å²) >= 11 is 0. The molecule has 4 nitrogen and oxygen atoms in total. The summed E-state index contributed by atoms with van der Waals surface area (Å²) in [5.74, 6) is 0. The zero-order chi connectivity index (χ0) is 10.1. The van der Waals surface area contributed by atoms with Gasteiger partial charge in [0.1, 0.15) is 5.69 Å². The van der Waals surface area contributed by atoms with E-state index in [4.69, 9.17) is 5.73 Å². The Kier molecular flexibility index (Phi) is 2.55. The SMILES string of the molecule is CCn1nnc(CN)c1C(F)(F)F. The van der Waals surface area contributed by atoms with E-state index in [0.29, 0.717) is 0 Å². The molecule has 1 aromatic heterocycles. The van der Waals surface area contributed by atoms with E-state index in [1.54, 1.807) is 6.92 Å². The summed E-state index contributed by atoms with van der Waals surface area (Å²) in [6.07, 6.45) is -4.44. The van der Waals surface area contributed by atoms with Crippen molar-refractivity contribution in [3.8, 4) is 0 Å². The van der Waals surface area contributed by atoms with Crippen molar-refractivity contribution >= 4 is 0 Å².